The largest absolute Gasteiger partial charge is 0.494 e. The van der Waals surface area contributed by atoms with Crippen LogP contribution in [-0.4, -0.2) is 37.5 Å². The maximum absolute atomic E-state index is 12.8. The van der Waals surface area contributed by atoms with Crippen LogP contribution >= 0.6 is 0 Å². The van der Waals surface area contributed by atoms with Crippen LogP contribution in [0.3, 0.4) is 0 Å². The Bertz CT molecular complexity index is 863. The van der Waals surface area contributed by atoms with E-state index in [4.69, 9.17) is 9.47 Å². The monoisotopic (exact) mass is 368 g/mol. The molecular weight excluding hydrogens is 348 g/mol. The van der Waals surface area contributed by atoms with Crippen molar-refractivity contribution in [2.45, 2.75) is 19.4 Å². The first kappa shape index (κ1) is 18.4. The van der Waals surface area contributed by atoms with E-state index in [9.17, 15) is 14.4 Å². The van der Waals surface area contributed by atoms with Gasteiger partial charge in [0.15, 0.2) is 0 Å². The van der Waals surface area contributed by atoms with E-state index in [-0.39, 0.29) is 18.2 Å². The minimum absolute atomic E-state index is 0.00154. The summed E-state index contributed by atoms with van der Waals surface area (Å²) in [5, 5.41) is 3.00. The number of amides is 2. The summed E-state index contributed by atoms with van der Waals surface area (Å²) in [6.45, 7) is 2.41. The molecule has 3 rings (SSSR count). The maximum Gasteiger partial charge on any atom is 0.339 e. The van der Waals surface area contributed by atoms with Crippen LogP contribution in [0.1, 0.15) is 23.7 Å². The molecule has 2 aromatic rings. The van der Waals surface area contributed by atoms with Crippen molar-refractivity contribution < 1.29 is 23.9 Å². The zero-order valence-electron chi connectivity index (χ0n) is 15.1. The van der Waals surface area contributed by atoms with Crippen LogP contribution < -0.4 is 15.0 Å². The highest BCUT2D eigenvalue weighted by atomic mass is 16.5. The van der Waals surface area contributed by atoms with Crippen LogP contribution in [0.15, 0.2) is 48.5 Å². The first-order valence-electron chi connectivity index (χ1n) is 8.58. The van der Waals surface area contributed by atoms with Crippen LogP contribution in [0.25, 0.3) is 0 Å². The summed E-state index contributed by atoms with van der Waals surface area (Å²) < 4.78 is 10.1. The van der Waals surface area contributed by atoms with Crippen LogP contribution in [0, 0.1) is 0 Å². The van der Waals surface area contributed by atoms with Gasteiger partial charge in [-0.1, -0.05) is 12.1 Å². The number of imide groups is 1. The van der Waals surface area contributed by atoms with Gasteiger partial charge in [-0.15, -0.1) is 0 Å². The predicted octanol–water partition coefficient (Wildman–Crippen LogP) is 2.62. The molecule has 1 aliphatic heterocycles. The van der Waals surface area contributed by atoms with Gasteiger partial charge in [0.2, 0.25) is 5.91 Å². The Morgan fingerprint density at radius 1 is 1.15 bits per heavy atom. The van der Waals surface area contributed by atoms with Crippen molar-refractivity contribution in [1.29, 1.82) is 0 Å². The topological polar surface area (TPSA) is 84.9 Å². The van der Waals surface area contributed by atoms with Crippen molar-refractivity contribution in [1.82, 2.24) is 0 Å². The normalized spacial score (nSPS) is 16.4. The molecule has 27 heavy (non-hydrogen) atoms. The molecule has 140 valence electrons. The van der Waals surface area contributed by atoms with Crippen LogP contribution in [-0.2, 0) is 14.3 Å². The Morgan fingerprint density at radius 3 is 2.52 bits per heavy atom. The fourth-order valence-electron chi connectivity index (χ4n) is 2.96. The number of nitrogens with zero attached hydrogens (tertiary/aromatic N) is 1. The van der Waals surface area contributed by atoms with Gasteiger partial charge in [0.25, 0.3) is 5.91 Å². The minimum atomic E-state index is -0.755. The summed E-state index contributed by atoms with van der Waals surface area (Å²) in [4.78, 5) is 38.2. The van der Waals surface area contributed by atoms with Gasteiger partial charge in [-0.2, -0.15) is 0 Å². The Hall–Kier alpha value is -3.35. The number of hydrogen-bond donors (Lipinski definition) is 1. The van der Waals surface area contributed by atoms with E-state index in [2.05, 4.69) is 5.32 Å². The third-order valence-corrected chi connectivity index (χ3v) is 4.21. The lowest BCUT2D eigenvalue weighted by Gasteiger charge is -2.17. The van der Waals surface area contributed by atoms with Gasteiger partial charge in [0.1, 0.15) is 11.8 Å². The molecule has 7 heteroatoms. The summed E-state index contributed by atoms with van der Waals surface area (Å²) >= 11 is 0. The summed E-state index contributed by atoms with van der Waals surface area (Å²) in [5.41, 5.74) is 1.24. The molecule has 0 aliphatic carbocycles. The number of carbonyl (C=O) groups is 3. The van der Waals surface area contributed by atoms with Gasteiger partial charge in [-0.3, -0.25) is 9.59 Å². The lowest BCUT2D eigenvalue weighted by atomic mass is 10.1. The molecule has 0 radical (unpaired) electrons. The fourth-order valence-corrected chi connectivity index (χ4v) is 2.96. The highest BCUT2D eigenvalue weighted by Gasteiger charge is 2.40. The summed E-state index contributed by atoms with van der Waals surface area (Å²) in [6.07, 6.45) is 0.00154. The van der Waals surface area contributed by atoms with Gasteiger partial charge < -0.3 is 14.8 Å². The van der Waals surface area contributed by atoms with Gasteiger partial charge in [0, 0.05) is 5.69 Å². The van der Waals surface area contributed by atoms with Crippen LogP contribution in [0.4, 0.5) is 11.4 Å². The maximum atomic E-state index is 12.8. The Kier molecular flexibility index (Phi) is 5.40. The zero-order chi connectivity index (χ0) is 19.4. The summed E-state index contributed by atoms with van der Waals surface area (Å²) in [5.74, 6) is -0.527. The molecule has 2 amide bonds. The van der Waals surface area contributed by atoms with Crippen molar-refractivity contribution in [2.75, 3.05) is 23.9 Å². The number of benzene rings is 2. The van der Waals surface area contributed by atoms with Crippen molar-refractivity contribution >= 4 is 29.2 Å². The Balaban J connectivity index is 1.80. The standard InChI is InChI=1S/C20H20N2O5/c1-3-27-14-10-8-13(9-11-14)22-18(23)12-17(19(22)24)21-16-7-5-4-6-15(16)20(25)26-2/h4-11,17,21H,3,12H2,1-2H3/t17-/m1/s1. The fraction of sp³-hybridized carbons (Fsp3) is 0.250. The van der Waals surface area contributed by atoms with E-state index in [1.54, 1.807) is 48.5 Å². The molecule has 2 aromatic carbocycles. The number of carbonyl (C=O) groups excluding carboxylic acids is 3. The number of rotatable bonds is 6. The number of ether oxygens (including phenoxy) is 2. The second kappa shape index (κ2) is 7.90. The minimum Gasteiger partial charge on any atom is -0.494 e. The molecule has 0 unspecified atom stereocenters. The zero-order valence-corrected chi connectivity index (χ0v) is 15.1. The second-order valence-corrected chi connectivity index (χ2v) is 5.93. The molecule has 0 saturated carbocycles. The second-order valence-electron chi connectivity index (χ2n) is 5.93. The molecule has 1 fully saturated rings. The molecule has 1 N–H and O–H groups in total. The summed E-state index contributed by atoms with van der Waals surface area (Å²) in [7, 11) is 1.29. The van der Waals surface area contributed by atoms with E-state index < -0.39 is 12.0 Å². The number of esters is 1. The van der Waals surface area contributed by atoms with E-state index in [0.29, 0.717) is 29.3 Å². The summed E-state index contributed by atoms with van der Waals surface area (Å²) in [6, 6.07) is 12.7. The third-order valence-electron chi connectivity index (χ3n) is 4.21. The first-order valence-corrected chi connectivity index (χ1v) is 8.58. The predicted molar refractivity (Wildman–Crippen MR) is 99.9 cm³/mol. The number of hydrogen-bond acceptors (Lipinski definition) is 6. The SMILES string of the molecule is CCOc1ccc(N2C(=O)C[C@@H](Nc3ccccc3C(=O)OC)C2=O)cc1. The van der Waals surface area contributed by atoms with Crippen LogP contribution in [0.2, 0.25) is 0 Å². The van der Waals surface area contributed by atoms with E-state index in [0.717, 1.165) is 4.90 Å². The van der Waals surface area contributed by atoms with E-state index in [1.807, 2.05) is 6.92 Å². The Labute approximate surface area is 156 Å². The number of para-hydroxylation sites is 1. The van der Waals surface area contributed by atoms with Crippen molar-refractivity contribution in [2.24, 2.45) is 0 Å². The smallest absolute Gasteiger partial charge is 0.339 e. The average molecular weight is 368 g/mol. The number of nitrogens with one attached hydrogen (secondary N) is 1. The molecule has 1 heterocycles. The van der Waals surface area contributed by atoms with Gasteiger partial charge in [-0.25, -0.2) is 9.69 Å². The van der Waals surface area contributed by atoms with Gasteiger partial charge in [0.05, 0.1) is 31.4 Å². The number of anilines is 2. The van der Waals surface area contributed by atoms with E-state index in [1.165, 1.54) is 7.11 Å². The van der Waals surface area contributed by atoms with Crippen molar-refractivity contribution in [3.8, 4) is 5.75 Å². The van der Waals surface area contributed by atoms with Crippen LogP contribution in [0.5, 0.6) is 5.75 Å². The first-order chi connectivity index (χ1) is 13.0. The van der Waals surface area contributed by atoms with E-state index >= 15 is 0 Å². The Morgan fingerprint density at radius 2 is 1.85 bits per heavy atom. The molecule has 1 saturated heterocycles. The average Bonchev–Trinajstić information content (AvgIpc) is 2.96. The molecule has 0 spiro atoms. The number of methoxy groups -OCH3 is 1. The molecule has 7 nitrogen and oxygen atoms in total. The van der Waals surface area contributed by atoms with Gasteiger partial charge in [-0.05, 0) is 43.3 Å². The molecule has 0 bridgehead atoms. The third kappa shape index (κ3) is 3.76. The lowest BCUT2D eigenvalue weighted by molar-refractivity contribution is -0.121. The van der Waals surface area contributed by atoms with Crippen molar-refractivity contribution in [3.05, 3.63) is 54.1 Å². The quantitative estimate of drug-likeness (QED) is 0.623. The van der Waals surface area contributed by atoms with Crippen molar-refractivity contribution in [3.63, 3.8) is 0 Å². The molecular formula is C20H20N2O5. The lowest BCUT2D eigenvalue weighted by Crippen LogP contribution is -2.35. The highest BCUT2D eigenvalue weighted by Crippen LogP contribution is 2.27. The molecule has 1 aliphatic rings. The highest BCUT2D eigenvalue weighted by molar-refractivity contribution is 6.23. The van der Waals surface area contributed by atoms with Gasteiger partial charge >= 0.3 is 5.97 Å². The molecule has 0 aromatic heterocycles. The molecule has 1 atom stereocenters.